The second-order valence-corrected chi connectivity index (χ2v) is 6.36. The standard InChI is InChI=1S/C20H24N2O/c1-21(2)18-14-15-22(19-11-7-6-10-17(18)19)20(23)13-12-16-8-4-3-5-9-16/h3-11,18H,12-15H2,1-2H3. The van der Waals surface area contributed by atoms with Gasteiger partial charge in [0.2, 0.25) is 5.91 Å². The summed E-state index contributed by atoms with van der Waals surface area (Å²) in [6, 6.07) is 18.9. The number of rotatable bonds is 4. The molecule has 1 atom stereocenters. The number of carbonyl (C=O) groups is 1. The van der Waals surface area contributed by atoms with Crippen molar-refractivity contribution in [2.75, 3.05) is 25.5 Å². The SMILES string of the molecule is CN(C)C1CCN(C(=O)CCc2ccccc2)c2ccccc21. The topological polar surface area (TPSA) is 23.6 Å². The van der Waals surface area contributed by atoms with Crippen LogP contribution in [0.2, 0.25) is 0 Å². The van der Waals surface area contributed by atoms with E-state index in [-0.39, 0.29) is 5.91 Å². The summed E-state index contributed by atoms with van der Waals surface area (Å²) in [5, 5.41) is 0. The second kappa shape index (κ2) is 6.97. The third-order valence-electron chi connectivity index (χ3n) is 4.61. The molecule has 0 saturated heterocycles. The lowest BCUT2D eigenvalue weighted by molar-refractivity contribution is -0.118. The van der Waals surface area contributed by atoms with Gasteiger partial charge in [0.25, 0.3) is 0 Å². The zero-order valence-electron chi connectivity index (χ0n) is 13.9. The lowest BCUT2D eigenvalue weighted by Gasteiger charge is -2.37. The predicted octanol–water partition coefficient (Wildman–Crippen LogP) is 3.66. The van der Waals surface area contributed by atoms with Crippen LogP contribution in [-0.2, 0) is 11.2 Å². The van der Waals surface area contributed by atoms with Crippen LogP contribution in [0.25, 0.3) is 0 Å². The van der Waals surface area contributed by atoms with Gasteiger partial charge in [-0.15, -0.1) is 0 Å². The molecule has 0 aromatic heterocycles. The van der Waals surface area contributed by atoms with E-state index >= 15 is 0 Å². The number of aryl methyl sites for hydroxylation is 1. The van der Waals surface area contributed by atoms with E-state index in [1.54, 1.807) is 0 Å². The van der Waals surface area contributed by atoms with Crippen molar-refractivity contribution in [3.63, 3.8) is 0 Å². The molecule has 3 nitrogen and oxygen atoms in total. The molecule has 1 amide bonds. The highest BCUT2D eigenvalue weighted by Gasteiger charge is 2.29. The summed E-state index contributed by atoms with van der Waals surface area (Å²) in [6.45, 7) is 0.799. The average Bonchev–Trinajstić information content (AvgIpc) is 2.59. The summed E-state index contributed by atoms with van der Waals surface area (Å²) < 4.78 is 0. The highest BCUT2D eigenvalue weighted by molar-refractivity contribution is 5.94. The third kappa shape index (κ3) is 3.45. The van der Waals surface area contributed by atoms with Crippen LogP contribution in [0.3, 0.4) is 0 Å². The van der Waals surface area contributed by atoms with E-state index in [9.17, 15) is 4.79 Å². The Morgan fingerprint density at radius 3 is 2.52 bits per heavy atom. The van der Waals surface area contributed by atoms with Crippen molar-refractivity contribution in [2.24, 2.45) is 0 Å². The summed E-state index contributed by atoms with van der Waals surface area (Å²) in [7, 11) is 4.21. The molecular weight excluding hydrogens is 284 g/mol. The van der Waals surface area contributed by atoms with E-state index in [0.717, 1.165) is 25.1 Å². The summed E-state index contributed by atoms with van der Waals surface area (Å²) >= 11 is 0. The number of carbonyl (C=O) groups excluding carboxylic acids is 1. The van der Waals surface area contributed by atoms with Crippen molar-refractivity contribution >= 4 is 11.6 Å². The Labute approximate surface area is 138 Å². The molecule has 0 bridgehead atoms. The Morgan fingerprint density at radius 2 is 1.78 bits per heavy atom. The maximum Gasteiger partial charge on any atom is 0.227 e. The molecule has 0 aliphatic carbocycles. The molecule has 120 valence electrons. The van der Waals surface area contributed by atoms with Gasteiger partial charge >= 0.3 is 0 Å². The monoisotopic (exact) mass is 308 g/mol. The molecule has 1 unspecified atom stereocenters. The van der Waals surface area contributed by atoms with Gasteiger partial charge in [0.05, 0.1) is 0 Å². The van der Waals surface area contributed by atoms with E-state index in [0.29, 0.717) is 12.5 Å². The largest absolute Gasteiger partial charge is 0.312 e. The summed E-state index contributed by atoms with van der Waals surface area (Å²) in [5.41, 5.74) is 3.56. The van der Waals surface area contributed by atoms with Gasteiger partial charge in [-0.05, 0) is 44.1 Å². The van der Waals surface area contributed by atoms with Crippen molar-refractivity contribution in [3.8, 4) is 0 Å². The normalized spacial score (nSPS) is 17.2. The van der Waals surface area contributed by atoms with Crippen LogP contribution in [0.4, 0.5) is 5.69 Å². The fourth-order valence-corrected chi connectivity index (χ4v) is 3.37. The lowest BCUT2D eigenvalue weighted by Crippen LogP contribution is -2.39. The molecule has 3 rings (SSSR count). The highest BCUT2D eigenvalue weighted by atomic mass is 16.2. The third-order valence-corrected chi connectivity index (χ3v) is 4.61. The van der Waals surface area contributed by atoms with Gasteiger partial charge in [-0.2, -0.15) is 0 Å². The smallest absolute Gasteiger partial charge is 0.227 e. The molecule has 2 aromatic carbocycles. The fourth-order valence-electron chi connectivity index (χ4n) is 3.37. The van der Waals surface area contributed by atoms with Crippen LogP contribution in [0.5, 0.6) is 0 Å². The van der Waals surface area contributed by atoms with Gasteiger partial charge in [-0.25, -0.2) is 0 Å². The fraction of sp³-hybridized carbons (Fsp3) is 0.350. The number of benzene rings is 2. The lowest BCUT2D eigenvalue weighted by atomic mass is 9.95. The summed E-state index contributed by atoms with van der Waals surface area (Å²) in [5.74, 6) is 0.221. The first-order valence-electron chi connectivity index (χ1n) is 8.26. The molecule has 1 aliphatic rings. The van der Waals surface area contributed by atoms with Crippen LogP contribution in [0.1, 0.15) is 30.0 Å². The molecule has 0 saturated carbocycles. The Hall–Kier alpha value is -2.13. The number of para-hydroxylation sites is 1. The molecule has 0 fully saturated rings. The highest BCUT2D eigenvalue weighted by Crippen LogP contribution is 2.36. The van der Waals surface area contributed by atoms with Crippen molar-refractivity contribution in [1.29, 1.82) is 0 Å². The van der Waals surface area contributed by atoms with Crippen molar-refractivity contribution in [3.05, 3.63) is 65.7 Å². The number of hydrogen-bond acceptors (Lipinski definition) is 2. The van der Waals surface area contributed by atoms with Crippen LogP contribution in [-0.4, -0.2) is 31.4 Å². The predicted molar refractivity (Wildman–Crippen MR) is 94.6 cm³/mol. The Bertz CT molecular complexity index is 666. The first-order valence-corrected chi connectivity index (χ1v) is 8.26. The molecule has 0 spiro atoms. The van der Waals surface area contributed by atoms with E-state index in [4.69, 9.17) is 0 Å². The van der Waals surface area contributed by atoms with Gasteiger partial charge in [0.1, 0.15) is 0 Å². The minimum atomic E-state index is 0.221. The van der Waals surface area contributed by atoms with Crippen LogP contribution in [0.15, 0.2) is 54.6 Å². The van der Waals surface area contributed by atoms with Gasteiger partial charge in [-0.3, -0.25) is 4.79 Å². The zero-order chi connectivity index (χ0) is 16.2. The first-order chi connectivity index (χ1) is 11.2. The number of nitrogens with zero attached hydrogens (tertiary/aromatic N) is 2. The van der Waals surface area contributed by atoms with Crippen LogP contribution in [0, 0.1) is 0 Å². The minimum absolute atomic E-state index is 0.221. The molecule has 1 aliphatic heterocycles. The van der Waals surface area contributed by atoms with Gasteiger partial charge in [0, 0.05) is 24.7 Å². The van der Waals surface area contributed by atoms with Gasteiger partial charge in [-0.1, -0.05) is 48.5 Å². The summed E-state index contributed by atoms with van der Waals surface area (Å²) in [6.07, 6.45) is 2.35. The van der Waals surface area contributed by atoms with E-state index in [1.165, 1.54) is 11.1 Å². The molecule has 0 radical (unpaired) electrons. The number of anilines is 1. The number of amides is 1. The van der Waals surface area contributed by atoms with E-state index < -0.39 is 0 Å². The molecule has 3 heteroatoms. The van der Waals surface area contributed by atoms with Crippen LogP contribution < -0.4 is 4.90 Å². The average molecular weight is 308 g/mol. The van der Waals surface area contributed by atoms with E-state index in [2.05, 4.69) is 49.3 Å². The van der Waals surface area contributed by atoms with Crippen molar-refractivity contribution in [1.82, 2.24) is 4.90 Å². The Balaban J connectivity index is 1.75. The second-order valence-electron chi connectivity index (χ2n) is 6.36. The Morgan fingerprint density at radius 1 is 1.09 bits per heavy atom. The number of fused-ring (bicyclic) bond motifs is 1. The number of hydrogen-bond donors (Lipinski definition) is 0. The Kier molecular flexibility index (Phi) is 4.77. The maximum absolute atomic E-state index is 12.7. The van der Waals surface area contributed by atoms with Crippen molar-refractivity contribution < 1.29 is 4.79 Å². The quantitative estimate of drug-likeness (QED) is 0.860. The molecule has 0 N–H and O–H groups in total. The molecular formula is C20H24N2O. The molecule has 23 heavy (non-hydrogen) atoms. The maximum atomic E-state index is 12.7. The summed E-state index contributed by atoms with van der Waals surface area (Å²) in [4.78, 5) is 16.9. The van der Waals surface area contributed by atoms with Crippen LogP contribution >= 0.6 is 0 Å². The van der Waals surface area contributed by atoms with E-state index in [1.807, 2.05) is 29.2 Å². The van der Waals surface area contributed by atoms with Gasteiger partial charge < -0.3 is 9.80 Å². The molecule has 2 aromatic rings. The first kappa shape index (κ1) is 15.8. The zero-order valence-corrected chi connectivity index (χ0v) is 13.9. The van der Waals surface area contributed by atoms with Gasteiger partial charge in [0.15, 0.2) is 0 Å². The molecule has 1 heterocycles. The van der Waals surface area contributed by atoms with Crippen molar-refractivity contribution in [2.45, 2.75) is 25.3 Å². The minimum Gasteiger partial charge on any atom is -0.312 e.